The molecule has 0 spiro atoms. The quantitative estimate of drug-likeness (QED) is 0.906. The first-order chi connectivity index (χ1) is 10.7. The van der Waals surface area contributed by atoms with Gasteiger partial charge in [0, 0.05) is 5.69 Å². The number of hydrogen-bond acceptors (Lipinski definition) is 3. The summed E-state index contributed by atoms with van der Waals surface area (Å²) in [5.74, 6) is -1.01. The van der Waals surface area contributed by atoms with Crippen molar-refractivity contribution in [2.75, 3.05) is 0 Å². The first kappa shape index (κ1) is 14.5. The lowest BCUT2D eigenvalue weighted by molar-refractivity contribution is 0.0690. The highest BCUT2D eigenvalue weighted by Crippen LogP contribution is 2.26. The largest absolute Gasteiger partial charge is 0.476 e. The number of nitrogens with one attached hydrogen (secondary N) is 1. The average molecular weight is 297 g/mol. The van der Waals surface area contributed by atoms with E-state index in [0.29, 0.717) is 5.56 Å². The number of benzene rings is 1. The minimum absolute atomic E-state index is 0.0797. The molecule has 0 bridgehead atoms. The van der Waals surface area contributed by atoms with Gasteiger partial charge in [-0.05, 0) is 43.4 Å². The lowest BCUT2D eigenvalue weighted by Gasteiger charge is -2.14. The van der Waals surface area contributed by atoms with Crippen molar-refractivity contribution in [2.24, 2.45) is 4.99 Å². The molecule has 0 atom stereocenters. The first-order valence-electron chi connectivity index (χ1n) is 7.66. The molecule has 0 saturated carbocycles. The second kappa shape index (κ2) is 6.13. The first-order valence-corrected chi connectivity index (χ1v) is 7.66. The van der Waals surface area contributed by atoms with Crippen molar-refractivity contribution in [3.8, 4) is 0 Å². The van der Waals surface area contributed by atoms with Gasteiger partial charge in [-0.1, -0.05) is 25.5 Å². The number of rotatable bonds is 4. The van der Waals surface area contributed by atoms with Crippen LogP contribution in [-0.2, 0) is 12.8 Å². The second-order valence-electron chi connectivity index (χ2n) is 5.56. The van der Waals surface area contributed by atoms with Crippen LogP contribution in [0.2, 0.25) is 0 Å². The highest BCUT2D eigenvalue weighted by Gasteiger charge is 2.26. The third-order valence-electron chi connectivity index (χ3n) is 3.91. The molecule has 0 unspecified atom stereocenters. The van der Waals surface area contributed by atoms with Crippen LogP contribution in [0, 0.1) is 0 Å². The molecule has 3 rings (SSSR count). The zero-order valence-corrected chi connectivity index (χ0v) is 12.6. The Morgan fingerprint density at radius 3 is 2.77 bits per heavy atom. The Morgan fingerprint density at radius 2 is 2.09 bits per heavy atom. The molecule has 1 heterocycles. The number of H-pyrrole nitrogens is 1. The van der Waals surface area contributed by atoms with E-state index < -0.39 is 5.97 Å². The lowest BCUT2D eigenvalue weighted by Crippen LogP contribution is -2.14. The summed E-state index contributed by atoms with van der Waals surface area (Å²) in [7, 11) is 0. The maximum Gasteiger partial charge on any atom is 0.357 e. The van der Waals surface area contributed by atoms with E-state index >= 15 is 0 Å². The Kier molecular flexibility index (Phi) is 4.04. The average Bonchev–Trinajstić information content (AvgIpc) is 2.95. The summed E-state index contributed by atoms with van der Waals surface area (Å²) in [5.41, 5.74) is 4.61. The molecule has 2 aromatic rings. The minimum Gasteiger partial charge on any atom is -0.476 e. The lowest BCUT2D eigenvalue weighted by atomic mass is 9.93. The molecule has 0 saturated heterocycles. The highest BCUT2D eigenvalue weighted by molar-refractivity contribution is 6.10. The Bertz CT molecular complexity index is 714. The second-order valence-corrected chi connectivity index (χ2v) is 5.56. The predicted molar refractivity (Wildman–Crippen MR) is 85.1 cm³/mol. The number of carbonyl (C=O) groups is 1. The van der Waals surface area contributed by atoms with Crippen molar-refractivity contribution in [3.05, 3.63) is 46.8 Å². The van der Waals surface area contributed by atoms with Gasteiger partial charge in [-0.3, -0.25) is 10.1 Å². The smallest absolute Gasteiger partial charge is 0.357 e. The van der Waals surface area contributed by atoms with Gasteiger partial charge in [-0.25, -0.2) is 4.79 Å². The zero-order valence-electron chi connectivity index (χ0n) is 12.6. The fourth-order valence-corrected chi connectivity index (χ4v) is 2.88. The molecule has 0 radical (unpaired) electrons. The molecule has 0 amide bonds. The van der Waals surface area contributed by atoms with Crippen LogP contribution in [0.15, 0.2) is 29.3 Å². The molecule has 2 N–H and O–H groups in total. The predicted octanol–water partition coefficient (Wildman–Crippen LogP) is 3.52. The number of aryl methyl sites for hydroxylation is 2. The molecule has 5 heteroatoms. The number of aromatic amines is 1. The van der Waals surface area contributed by atoms with E-state index in [0.717, 1.165) is 49.2 Å². The van der Waals surface area contributed by atoms with Gasteiger partial charge in [0.15, 0.2) is 5.69 Å². The van der Waals surface area contributed by atoms with Crippen molar-refractivity contribution in [1.82, 2.24) is 10.2 Å². The third kappa shape index (κ3) is 2.79. The molecule has 22 heavy (non-hydrogen) atoms. The Labute approximate surface area is 129 Å². The van der Waals surface area contributed by atoms with Gasteiger partial charge in [0.2, 0.25) is 0 Å². The van der Waals surface area contributed by atoms with E-state index in [-0.39, 0.29) is 5.69 Å². The number of hydrogen-bond donors (Lipinski definition) is 2. The van der Waals surface area contributed by atoms with Crippen LogP contribution in [0.4, 0.5) is 5.69 Å². The molecule has 1 aliphatic carbocycles. The van der Waals surface area contributed by atoms with Crippen molar-refractivity contribution < 1.29 is 9.90 Å². The highest BCUT2D eigenvalue weighted by atomic mass is 16.4. The number of carboxylic acids is 1. The Balaban J connectivity index is 1.96. The summed E-state index contributed by atoms with van der Waals surface area (Å²) in [5, 5.41) is 16.0. The number of nitrogens with zero attached hydrogens (tertiary/aromatic N) is 2. The number of aromatic carboxylic acids is 1. The molecule has 1 aliphatic rings. The summed E-state index contributed by atoms with van der Waals surface area (Å²) in [4.78, 5) is 16.0. The zero-order chi connectivity index (χ0) is 15.5. The van der Waals surface area contributed by atoms with E-state index in [1.807, 2.05) is 12.1 Å². The molecular formula is C17H19N3O2. The van der Waals surface area contributed by atoms with E-state index in [2.05, 4.69) is 34.2 Å². The number of carboxylic acid groups (broad SMARTS) is 1. The van der Waals surface area contributed by atoms with E-state index in [1.165, 1.54) is 5.56 Å². The molecule has 0 aliphatic heterocycles. The van der Waals surface area contributed by atoms with E-state index in [9.17, 15) is 9.90 Å². The molecular weight excluding hydrogens is 278 g/mol. The molecule has 114 valence electrons. The van der Waals surface area contributed by atoms with Crippen LogP contribution in [0.25, 0.3) is 0 Å². The molecule has 5 nitrogen and oxygen atoms in total. The van der Waals surface area contributed by atoms with Gasteiger partial charge >= 0.3 is 5.97 Å². The normalized spacial score (nSPS) is 15.8. The summed E-state index contributed by atoms with van der Waals surface area (Å²) < 4.78 is 0. The van der Waals surface area contributed by atoms with E-state index in [1.54, 1.807) is 0 Å². The Morgan fingerprint density at radius 1 is 1.32 bits per heavy atom. The maximum absolute atomic E-state index is 11.3. The van der Waals surface area contributed by atoms with Crippen LogP contribution < -0.4 is 0 Å². The molecule has 0 fully saturated rings. The van der Waals surface area contributed by atoms with Crippen LogP contribution in [0.1, 0.15) is 53.5 Å². The number of aromatic nitrogens is 2. The van der Waals surface area contributed by atoms with Crippen LogP contribution in [0.3, 0.4) is 0 Å². The van der Waals surface area contributed by atoms with Gasteiger partial charge < -0.3 is 5.11 Å². The van der Waals surface area contributed by atoms with Gasteiger partial charge in [-0.2, -0.15) is 5.10 Å². The van der Waals surface area contributed by atoms with Gasteiger partial charge in [-0.15, -0.1) is 0 Å². The standard InChI is InChI=1S/C17H19N3O2/c1-2-4-11-7-9-12(10-8-11)18-13-5-3-6-14-15(13)16(17(21)22)20-19-14/h7-10H,2-6H2,1H3,(H,19,20)(H,21,22)/b18-13-. The van der Waals surface area contributed by atoms with Gasteiger partial charge in [0.25, 0.3) is 0 Å². The maximum atomic E-state index is 11.3. The summed E-state index contributed by atoms with van der Waals surface area (Å²) in [6, 6.07) is 8.15. The number of aliphatic imine (C=N–C) groups is 1. The van der Waals surface area contributed by atoms with Crippen molar-refractivity contribution >= 4 is 17.4 Å². The van der Waals surface area contributed by atoms with Crippen LogP contribution in [-0.4, -0.2) is 27.0 Å². The van der Waals surface area contributed by atoms with Crippen LogP contribution in [0.5, 0.6) is 0 Å². The fourth-order valence-electron chi connectivity index (χ4n) is 2.88. The van der Waals surface area contributed by atoms with Crippen molar-refractivity contribution in [2.45, 2.75) is 39.0 Å². The monoisotopic (exact) mass is 297 g/mol. The number of fused-ring (bicyclic) bond motifs is 1. The fraction of sp³-hybridized carbons (Fsp3) is 0.353. The van der Waals surface area contributed by atoms with Gasteiger partial charge in [0.05, 0.1) is 17.0 Å². The SMILES string of the molecule is CCCc1ccc(/N=C2/CCCc3[nH]nc(C(=O)O)c32)cc1. The summed E-state index contributed by atoms with van der Waals surface area (Å²) >= 11 is 0. The summed E-state index contributed by atoms with van der Waals surface area (Å²) in [6.45, 7) is 2.16. The summed E-state index contributed by atoms with van der Waals surface area (Å²) in [6.07, 6.45) is 4.74. The molecule has 1 aromatic heterocycles. The Hall–Kier alpha value is -2.43. The molecule has 1 aromatic carbocycles. The van der Waals surface area contributed by atoms with Crippen molar-refractivity contribution in [3.63, 3.8) is 0 Å². The van der Waals surface area contributed by atoms with Crippen LogP contribution >= 0.6 is 0 Å². The third-order valence-corrected chi connectivity index (χ3v) is 3.91. The topological polar surface area (TPSA) is 78.3 Å². The van der Waals surface area contributed by atoms with Gasteiger partial charge in [0.1, 0.15) is 0 Å². The van der Waals surface area contributed by atoms with E-state index in [4.69, 9.17) is 0 Å². The van der Waals surface area contributed by atoms with Crippen molar-refractivity contribution in [1.29, 1.82) is 0 Å². The minimum atomic E-state index is -1.01.